The molecule has 2 heterocycles. The van der Waals surface area contributed by atoms with Crippen molar-refractivity contribution in [2.75, 3.05) is 11.9 Å². The summed E-state index contributed by atoms with van der Waals surface area (Å²) in [5.74, 6) is -1.30. The lowest BCUT2D eigenvalue weighted by Crippen LogP contribution is -2.24. The van der Waals surface area contributed by atoms with Gasteiger partial charge in [-0.05, 0) is 29.8 Å². The van der Waals surface area contributed by atoms with Crippen LogP contribution in [0, 0.1) is 11.6 Å². The van der Waals surface area contributed by atoms with Crippen molar-refractivity contribution in [1.29, 1.82) is 0 Å². The highest BCUT2D eigenvalue weighted by Crippen LogP contribution is 2.37. The number of H-pyrrole nitrogens is 1. The molecular weight excluding hydrogens is 324 g/mol. The zero-order chi connectivity index (χ0) is 16.1. The number of hydrogen-bond donors (Lipinski definition) is 2. The first kappa shape index (κ1) is 14.1. The van der Waals surface area contributed by atoms with E-state index in [-0.39, 0.29) is 16.3 Å². The lowest BCUT2D eigenvalue weighted by atomic mass is 9.89. The van der Waals surface area contributed by atoms with Gasteiger partial charge in [0.25, 0.3) is 5.56 Å². The number of nitrogens with zero attached hydrogens (tertiary/aromatic N) is 1. The fourth-order valence-electron chi connectivity index (χ4n) is 2.99. The molecule has 0 aliphatic carbocycles. The normalized spacial score (nSPS) is 16.4. The van der Waals surface area contributed by atoms with Crippen LogP contribution in [-0.4, -0.2) is 16.7 Å². The van der Waals surface area contributed by atoms with Crippen molar-refractivity contribution in [3.05, 3.63) is 68.6 Å². The first-order chi connectivity index (χ1) is 11.0. The second-order valence-corrected chi connectivity index (χ2v) is 5.83. The minimum Gasteiger partial charge on any atom is -0.383 e. The summed E-state index contributed by atoms with van der Waals surface area (Å²) in [6, 6.07) is 7.04. The second kappa shape index (κ2) is 5.03. The average Bonchev–Trinajstić information content (AvgIpc) is 2.53. The van der Waals surface area contributed by atoms with Crippen LogP contribution in [-0.2, 0) is 0 Å². The van der Waals surface area contributed by atoms with E-state index >= 15 is 0 Å². The van der Waals surface area contributed by atoms with Crippen LogP contribution >= 0.6 is 11.6 Å². The number of aromatic nitrogens is 2. The summed E-state index contributed by atoms with van der Waals surface area (Å²) < 4.78 is 27.4. The van der Waals surface area contributed by atoms with Gasteiger partial charge in [-0.1, -0.05) is 17.7 Å². The van der Waals surface area contributed by atoms with Gasteiger partial charge in [-0.25, -0.2) is 13.9 Å². The van der Waals surface area contributed by atoms with Crippen LogP contribution in [0.5, 0.6) is 0 Å². The van der Waals surface area contributed by atoms with Crippen LogP contribution in [0.15, 0.2) is 35.1 Å². The highest BCUT2D eigenvalue weighted by Gasteiger charge is 2.27. The predicted molar refractivity (Wildman–Crippen MR) is 84.1 cm³/mol. The van der Waals surface area contributed by atoms with Crippen molar-refractivity contribution in [2.45, 2.75) is 5.92 Å². The van der Waals surface area contributed by atoms with Gasteiger partial charge in [0.15, 0.2) is 0 Å². The van der Waals surface area contributed by atoms with Gasteiger partial charge < -0.3 is 5.32 Å². The Balaban J connectivity index is 1.98. The van der Waals surface area contributed by atoms with Gasteiger partial charge in [-0.3, -0.25) is 4.79 Å². The van der Waals surface area contributed by atoms with E-state index in [2.05, 4.69) is 15.5 Å². The van der Waals surface area contributed by atoms with Gasteiger partial charge >= 0.3 is 0 Å². The molecule has 0 saturated carbocycles. The van der Waals surface area contributed by atoms with Gasteiger partial charge in [0.1, 0.15) is 11.6 Å². The summed E-state index contributed by atoms with van der Waals surface area (Å²) in [6.45, 7) is 0.408. The van der Waals surface area contributed by atoms with Crippen LogP contribution in [0.2, 0.25) is 5.02 Å². The topological polar surface area (TPSA) is 57.8 Å². The molecule has 2 aromatic carbocycles. The third kappa shape index (κ3) is 2.17. The van der Waals surface area contributed by atoms with E-state index in [1.54, 1.807) is 6.07 Å². The monoisotopic (exact) mass is 333 g/mol. The molecule has 1 atom stereocenters. The molecule has 0 spiro atoms. The Morgan fingerprint density at radius 1 is 1.22 bits per heavy atom. The fourth-order valence-corrected chi connectivity index (χ4v) is 3.11. The second-order valence-electron chi connectivity index (χ2n) is 5.42. The minimum atomic E-state index is -0.519. The molecule has 3 aromatic rings. The molecule has 0 unspecified atom stereocenters. The average molecular weight is 334 g/mol. The number of halogens is 3. The predicted octanol–water partition coefficient (Wildman–Crippen LogP) is 3.41. The molecule has 2 N–H and O–H groups in total. The molecule has 0 radical (unpaired) electrons. The van der Waals surface area contributed by atoms with Gasteiger partial charge in [-0.2, -0.15) is 5.10 Å². The maximum absolute atomic E-state index is 13.8. The first-order valence-corrected chi connectivity index (χ1v) is 7.33. The Hall–Kier alpha value is -2.47. The smallest absolute Gasteiger partial charge is 0.272 e. The van der Waals surface area contributed by atoms with Gasteiger partial charge in [0.05, 0.1) is 16.1 Å². The number of rotatable bonds is 1. The van der Waals surface area contributed by atoms with Gasteiger partial charge in [-0.15, -0.1) is 0 Å². The van der Waals surface area contributed by atoms with E-state index in [9.17, 15) is 13.6 Å². The van der Waals surface area contributed by atoms with Crippen molar-refractivity contribution in [3.63, 3.8) is 0 Å². The molecule has 4 nitrogen and oxygen atoms in total. The molecule has 1 aliphatic rings. The zero-order valence-electron chi connectivity index (χ0n) is 11.7. The molecule has 1 aromatic heterocycles. The quantitative estimate of drug-likeness (QED) is 0.717. The number of hydrogen-bond acceptors (Lipinski definition) is 3. The number of nitrogens with one attached hydrogen (secondary N) is 2. The molecule has 0 fully saturated rings. The maximum atomic E-state index is 13.8. The first-order valence-electron chi connectivity index (χ1n) is 6.95. The van der Waals surface area contributed by atoms with Crippen LogP contribution < -0.4 is 10.9 Å². The number of aromatic amines is 1. The summed E-state index contributed by atoms with van der Waals surface area (Å²) in [5.41, 5.74) is 1.30. The van der Waals surface area contributed by atoms with E-state index in [1.165, 1.54) is 24.3 Å². The van der Waals surface area contributed by atoms with E-state index in [0.29, 0.717) is 28.9 Å². The van der Waals surface area contributed by atoms with E-state index < -0.39 is 17.2 Å². The largest absolute Gasteiger partial charge is 0.383 e. The minimum absolute atomic E-state index is 0.0413. The Kier molecular flexibility index (Phi) is 3.09. The molecule has 23 heavy (non-hydrogen) atoms. The van der Waals surface area contributed by atoms with Gasteiger partial charge in [0.2, 0.25) is 0 Å². The molecular formula is C16H10ClF2N3O. The van der Waals surface area contributed by atoms with Crippen molar-refractivity contribution in [3.8, 4) is 0 Å². The standard InChI is InChI=1S/C16H10ClF2N3O/c17-11-2-1-7(3-12(11)19)10-6-20-13-5-8(18)4-9-14(13)15(10)21-22-16(9)23/h1-5,10,20H,6H2,(H,22,23)/t10-/m0/s1. The van der Waals surface area contributed by atoms with Gasteiger partial charge in [0, 0.05) is 23.5 Å². The Morgan fingerprint density at radius 2 is 2.04 bits per heavy atom. The van der Waals surface area contributed by atoms with Crippen LogP contribution in [0.3, 0.4) is 0 Å². The third-order valence-corrected chi connectivity index (χ3v) is 4.36. The van der Waals surface area contributed by atoms with Crippen LogP contribution in [0.25, 0.3) is 10.8 Å². The molecule has 0 saturated heterocycles. The Bertz CT molecular complexity index is 1000. The van der Waals surface area contributed by atoms with E-state index in [0.717, 1.165) is 0 Å². The molecule has 0 bridgehead atoms. The lowest BCUT2D eigenvalue weighted by molar-refractivity contribution is 0.622. The maximum Gasteiger partial charge on any atom is 0.272 e. The molecule has 1 aliphatic heterocycles. The summed E-state index contributed by atoms with van der Waals surface area (Å²) in [5, 5.41) is 10.4. The SMILES string of the molecule is O=c1[nH]nc2c3c(cc(F)cc13)NC[C@H]2c1ccc(Cl)c(F)c1. The van der Waals surface area contributed by atoms with E-state index in [1.807, 2.05) is 0 Å². The summed E-state index contributed by atoms with van der Waals surface area (Å²) in [7, 11) is 0. The van der Waals surface area contributed by atoms with Crippen LogP contribution in [0.1, 0.15) is 17.2 Å². The highest BCUT2D eigenvalue weighted by molar-refractivity contribution is 6.30. The zero-order valence-corrected chi connectivity index (χ0v) is 12.4. The summed E-state index contributed by atoms with van der Waals surface area (Å²) in [4.78, 5) is 11.9. The lowest BCUT2D eigenvalue weighted by Gasteiger charge is -2.26. The fraction of sp³-hybridized carbons (Fsp3) is 0.125. The Morgan fingerprint density at radius 3 is 2.83 bits per heavy atom. The summed E-state index contributed by atoms with van der Waals surface area (Å²) >= 11 is 5.72. The summed E-state index contributed by atoms with van der Waals surface area (Å²) in [6.07, 6.45) is 0. The van der Waals surface area contributed by atoms with Crippen molar-refractivity contribution < 1.29 is 8.78 Å². The molecule has 4 rings (SSSR count). The Labute approximate surface area is 134 Å². The molecule has 0 amide bonds. The van der Waals surface area contributed by atoms with Crippen LogP contribution in [0.4, 0.5) is 14.5 Å². The van der Waals surface area contributed by atoms with Crippen molar-refractivity contribution in [1.82, 2.24) is 10.2 Å². The van der Waals surface area contributed by atoms with Crippen molar-refractivity contribution in [2.24, 2.45) is 0 Å². The number of anilines is 1. The molecule has 116 valence electrons. The number of benzene rings is 2. The highest BCUT2D eigenvalue weighted by atomic mass is 35.5. The molecule has 7 heteroatoms. The third-order valence-electron chi connectivity index (χ3n) is 4.05. The van der Waals surface area contributed by atoms with E-state index in [4.69, 9.17) is 11.6 Å². The van der Waals surface area contributed by atoms with Crippen molar-refractivity contribution >= 4 is 28.1 Å².